The van der Waals surface area contributed by atoms with Crippen LogP contribution in [0.15, 0.2) is 12.1 Å². The first-order valence-corrected chi connectivity index (χ1v) is 4.63. The van der Waals surface area contributed by atoms with Gasteiger partial charge in [-0.15, -0.1) is 0 Å². The molecule has 1 aromatic carbocycles. The first kappa shape index (κ1) is 12.6. The largest absolute Gasteiger partial charge is 0.375 e. The molecule has 15 heavy (non-hydrogen) atoms. The molecule has 0 saturated carbocycles. The van der Waals surface area contributed by atoms with Crippen molar-refractivity contribution in [1.82, 2.24) is 0 Å². The molecule has 0 N–H and O–H groups in total. The normalized spacial score (nSPS) is 11.6. The molecule has 82 valence electrons. The Morgan fingerprint density at radius 3 is 1.87 bits per heavy atom. The number of carbonyl (C=O) groups excluding carboxylic acids is 1. The van der Waals surface area contributed by atoms with Gasteiger partial charge < -0.3 is 0 Å². The molecule has 0 aliphatic rings. The summed E-state index contributed by atoms with van der Waals surface area (Å²) in [6.07, 6.45) is 0. The van der Waals surface area contributed by atoms with Gasteiger partial charge >= 0.3 is 12.0 Å². The maximum atomic E-state index is 12.9. The standard InChI is InChI=1S/C8H2Cl3F3O/c9-4-1-3(2-5(10)6(4)11)8(13,14)7(12)15/h1-2H. The molecule has 0 amide bonds. The minimum Gasteiger partial charge on any atom is -0.254 e. The molecule has 1 nitrogen and oxygen atoms in total. The summed E-state index contributed by atoms with van der Waals surface area (Å²) in [5.74, 6) is -4.27. The number of hydrogen-bond acceptors (Lipinski definition) is 1. The number of carbonyl (C=O) groups is 1. The van der Waals surface area contributed by atoms with Crippen molar-refractivity contribution in [3.63, 3.8) is 0 Å². The molecule has 0 aromatic heterocycles. The summed E-state index contributed by atoms with van der Waals surface area (Å²) in [7, 11) is 0. The van der Waals surface area contributed by atoms with Crippen molar-refractivity contribution >= 4 is 40.8 Å². The molecule has 7 heteroatoms. The van der Waals surface area contributed by atoms with Crippen LogP contribution in [0.5, 0.6) is 0 Å². The maximum absolute atomic E-state index is 12.9. The van der Waals surface area contributed by atoms with E-state index in [1.165, 1.54) is 0 Å². The molecular formula is C8H2Cl3F3O. The van der Waals surface area contributed by atoms with Crippen molar-refractivity contribution in [3.8, 4) is 0 Å². The van der Waals surface area contributed by atoms with Crippen LogP contribution in [0.25, 0.3) is 0 Å². The first-order valence-electron chi connectivity index (χ1n) is 3.49. The minimum absolute atomic E-state index is 0.135. The van der Waals surface area contributed by atoms with Crippen LogP contribution < -0.4 is 0 Å². The fraction of sp³-hybridized carbons (Fsp3) is 0.125. The Hall–Kier alpha value is -0.450. The fourth-order valence-corrected chi connectivity index (χ4v) is 1.45. The van der Waals surface area contributed by atoms with Gasteiger partial charge in [0.05, 0.1) is 15.1 Å². The summed E-state index contributed by atoms with van der Waals surface area (Å²) in [6.45, 7) is 0. The van der Waals surface area contributed by atoms with Gasteiger partial charge in [0, 0.05) is 5.56 Å². The van der Waals surface area contributed by atoms with E-state index in [1.807, 2.05) is 0 Å². The molecule has 0 radical (unpaired) electrons. The molecule has 0 aliphatic heterocycles. The van der Waals surface area contributed by atoms with Crippen molar-refractivity contribution in [2.45, 2.75) is 5.92 Å². The highest BCUT2D eigenvalue weighted by atomic mass is 35.5. The third kappa shape index (κ3) is 2.38. The molecule has 0 atom stereocenters. The Bertz CT molecular complexity index is 397. The lowest BCUT2D eigenvalue weighted by Crippen LogP contribution is -2.22. The second-order valence-corrected chi connectivity index (χ2v) is 3.79. The number of halogens is 6. The molecular weight excluding hydrogens is 275 g/mol. The quantitative estimate of drug-likeness (QED) is 0.584. The molecule has 1 aromatic rings. The summed E-state index contributed by atoms with van der Waals surface area (Å²) in [5.41, 5.74) is -0.936. The fourth-order valence-electron chi connectivity index (χ4n) is 0.850. The SMILES string of the molecule is O=C(F)C(F)(F)c1cc(Cl)c(Cl)c(Cl)c1. The Labute approximate surface area is 97.7 Å². The van der Waals surface area contributed by atoms with Crippen LogP contribution in [0.3, 0.4) is 0 Å². The Balaban J connectivity index is 3.34. The average molecular weight is 277 g/mol. The number of benzene rings is 1. The van der Waals surface area contributed by atoms with Gasteiger partial charge in [0.1, 0.15) is 0 Å². The van der Waals surface area contributed by atoms with Gasteiger partial charge in [-0.25, -0.2) is 0 Å². The summed E-state index contributed by atoms with van der Waals surface area (Å²) in [5, 5.41) is -0.690. The van der Waals surface area contributed by atoms with Crippen LogP contribution in [0.1, 0.15) is 5.56 Å². The third-order valence-electron chi connectivity index (χ3n) is 1.59. The van der Waals surface area contributed by atoms with Gasteiger partial charge in [0.15, 0.2) is 0 Å². The number of hydrogen-bond donors (Lipinski definition) is 0. The second kappa shape index (κ2) is 4.20. The highest BCUT2D eigenvalue weighted by Gasteiger charge is 2.42. The average Bonchev–Trinajstić information content (AvgIpc) is 2.13. The zero-order valence-corrected chi connectivity index (χ0v) is 9.10. The van der Waals surface area contributed by atoms with E-state index in [9.17, 15) is 18.0 Å². The van der Waals surface area contributed by atoms with Crippen LogP contribution >= 0.6 is 34.8 Å². The summed E-state index contributed by atoms with van der Waals surface area (Å²) in [4.78, 5) is 10.0. The smallest absolute Gasteiger partial charge is 0.254 e. The van der Waals surface area contributed by atoms with Crippen molar-refractivity contribution < 1.29 is 18.0 Å². The summed E-state index contributed by atoms with van der Waals surface area (Å²) in [6, 6.07) is -1.41. The van der Waals surface area contributed by atoms with Crippen molar-refractivity contribution in [2.24, 2.45) is 0 Å². The first-order chi connectivity index (χ1) is 6.76. The zero-order valence-electron chi connectivity index (χ0n) is 6.83. The van der Waals surface area contributed by atoms with Gasteiger partial charge in [-0.1, -0.05) is 34.8 Å². The van der Waals surface area contributed by atoms with Gasteiger partial charge in [0.2, 0.25) is 0 Å². The predicted octanol–water partition coefficient (Wildman–Crippen LogP) is 4.23. The highest BCUT2D eigenvalue weighted by Crippen LogP contribution is 2.37. The van der Waals surface area contributed by atoms with E-state index in [0.717, 1.165) is 0 Å². The van der Waals surface area contributed by atoms with E-state index in [1.54, 1.807) is 0 Å². The molecule has 0 saturated heterocycles. The monoisotopic (exact) mass is 276 g/mol. The van der Waals surface area contributed by atoms with Gasteiger partial charge in [-0.3, -0.25) is 4.79 Å². The Morgan fingerprint density at radius 1 is 1.13 bits per heavy atom. The minimum atomic E-state index is -4.27. The van der Waals surface area contributed by atoms with Gasteiger partial charge in [0.25, 0.3) is 0 Å². The third-order valence-corrected chi connectivity index (χ3v) is 2.79. The lowest BCUT2D eigenvalue weighted by atomic mass is 10.1. The van der Waals surface area contributed by atoms with E-state index < -0.39 is 17.5 Å². The molecule has 1 rings (SSSR count). The van der Waals surface area contributed by atoms with Crippen molar-refractivity contribution in [1.29, 1.82) is 0 Å². The molecule has 0 aliphatic carbocycles. The number of rotatable bonds is 2. The lowest BCUT2D eigenvalue weighted by molar-refractivity contribution is -0.157. The Morgan fingerprint density at radius 2 is 1.53 bits per heavy atom. The van der Waals surface area contributed by atoms with Gasteiger partial charge in [-0.2, -0.15) is 13.2 Å². The Kier molecular flexibility index (Phi) is 3.53. The topological polar surface area (TPSA) is 17.1 Å². The second-order valence-electron chi connectivity index (χ2n) is 2.60. The van der Waals surface area contributed by atoms with Crippen LogP contribution in [0.4, 0.5) is 13.2 Å². The van der Waals surface area contributed by atoms with E-state index in [-0.39, 0.29) is 15.1 Å². The zero-order chi connectivity index (χ0) is 11.8. The van der Waals surface area contributed by atoms with Crippen LogP contribution in [-0.2, 0) is 10.7 Å². The van der Waals surface area contributed by atoms with Gasteiger partial charge in [-0.05, 0) is 12.1 Å². The number of alkyl halides is 2. The molecule has 0 unspecified atom stereocenters. The predicted molar refractivity (Wildman–Crippen MR) is 51.5 cm³/mol. The van der Waals surface area contributed by atoms with Crippen LogP contribution in [-0.4, -0.2) is 6.04 Å². The van der Waals surface area contributed by atoms with Crippen molar-refractivity contribution in [2.75, 3.05) is 0 Å². The van der Waals surface area contributed by atoms with E-state index in [0.29, 0.717) is 12.1 Å². The molecule has 0 spiro atoms. The van der Waals surface area contributed by atoms with Crippen LogP contribution in [0.2, 0.25) is 15.1 Å². The summed E-state index contributed by atoms with van der Waals surface area (Å²) >= 11 is 16.4. The van der Waals surface area contributed by atoms with E-state index >= 15 is 0 Å². The highest BCUT2D eigenvalue weighted by molar-refractivity contribution is 6.48. The molecule has 0 heterocycles. The summed E-state index contributed by atoms with van der Waals surface area (Å²) < 4.78 is 37.8. The lowest BCUT2D eigenvalue weighted by Gasteiger charge is -2.12. The molecule has 0 bridgehead atoms. The van der Waals surface area contributed by atoms with Crippen molar-refractivity contribution in [3.05, 3.63) is 32.8 Å². The van der Waals surface area contributed by atoms with E-state index in [4.69, 9.17) is 34.8 Å². The maximum Gasteiger partial charge on any atom is 0.375 e. The van der Waals surface area contributed by atoms with Crippen LogP contribution in [0, 0.1) is 0 Å². The van der Waals surface area contributed by atoms with E-state index in [2.05, 4.69) is 0 Å². The molecule has 0 fully saturated rings.